The highest BCUT2D eigenvalue weighted by atomic mass is 19.4. The van der Waals surface area contributed by atoms with Crippen LogP contribution in [0.3, 0.4) is 0 Å². The van der Waals surface area contributed by atoms with Crippen LogP contribution in [0.5, 0.6) is 0 Å². The number of hydrogen-bond donors (Lipinski definition) is 1. The zero-order valence-electron chi connectivity index (χ0n) is 11.3. The predicted molar refractivity (Wildman–Crippen MR) is 65.6 cm³/mol. The first-order valence-electron chi connectivity index (χ1n) is 6.15. The molecule has 0 atom stereocenters. The van der Waals surface area contributed by atoms with E-state index in [1.807, 2.05) is 0 Å². The summed E-state index contributed by atoms with van der Waals surface area (Å²) < 4.78 is 40.0. The standard InChI is InChI=1S/C11H15F3N4O2/c1-6(2)7-8(18(19)20)9(17(3)16-7)15-10(4-5-10)11(12,13)14/h6,15H,4-5H2,1-3H3. The lowest BCUT2D eigenvalue weighted by molar-refractivity contribution is -0.384. The molecule has 1 aliphatic rings. The minimum Gasteiger partial charge on any atom is -0.351 e. The summed E-state index contributed by atoms with van der Waals surface area (Å²) in [6.07, 6.45) is -4.62. The molecule has 0 bridgehead atoms. The molecular weight excluding hydrogens is 277 g/mol. The van der Waals surface area contributed by atoms with E-state index >= 15 is 0 Å². The van der Waals surface area contributed by atoms with Gasteiger partial charge in [0.05, 0.1) is 4.92 Å². The summed E-state index contributed by atoms with van der Waals surface area (Å²) in [7, 11) is 1.40. The average Bonchev–Trinajstić information content (AvgIpc) is 2.99. The lowest BCUT2D eigenvalue weighted by atomic mass is 10.1. The lowest BCUT2D eigenvalue weighted by Crippen LogP contribution is -2.39. The number of nitro groups is 1. The van der Waals surface area contributed by atoms with Crippen LogP contribution < -0.4 is 5.32 Å². The van der Waals surface area contributed by atoms with Crippen LogP contribution in [-0.2, 0) is 7.05 Å². The number of anilines is 1. The molecule has 0 radical (unpaired) electrons. The molecule has 1 aliphatic carbocycles. The number of aryl methyl sites for hydroxylation is 1. The third-order valence-corrected chi connectivity index (χ3v) is 3.43. The average molecular weight is 292 g/mol. The topological polar surface area (TPSA) is 73.0 Å². The van der Waals surface area contributed by atoms with E-state index in [2.05, 4.69) is 10.4 Å². The van der Waals surface area contributed by atoms with Gasteiger partial charge in [0.15, 0.2) is 0 Å². The number of nitrogens with zero attached hydrogens (tertiary/aromatic N) is 3. The van der Waals surface area contributed by atoms with Crippen molar-refractivity contribution >= 4 is 11.5 Å². The third-order valence-electron chi connectivity index (χ3n) is 3.43. The number of aromatic nitrogens is 2. The molecule has 112 valence electrons. The molecule has 2 rings (SSSR count). The molecule has 0 aliphatic heterocycles. The summed E-state index contributed by atoms with van der Waals surface area (Å²) in [4.78, 5) is 10.5. The molecule has 1 fully saturated rings. The molecule has 9 heteroatoms. The van der Waals surface area contributed by atoms with Gasteiger partial charge in [0.1, 0.15) is 11.2 Å². The fourth-order valence-electron chi connectivity index (χ4n) is 2.07. The van der Waals surface area contributed by atoms with Gasteiger partial charge in [-0.3, -0.25) is 10.1 Å². The van der Waals surface area contributed by atoms with Gasteiger partial charge >= 0.3 is 11.9 Å². The normalized spacial score (nSPS) is 17.4. The van der Waals surface area contributed by atoms with Crippen LogP contribution >= 0.6 is 0 Å². The molecule has 0 amide bonds. The van der Waals surface area contributed by atoms with Crippen molar-refractivity contribution in [3.63, 3.8) is 0 Å². The number of halogens is 3. The van der Waals surface area contributed by atoms with Gasteiger partial charge in [0.2, 0.25) is 5.82 Å². The lowest BCUT2D eigenvalue weighted by Gasteiger charge is -2.21. The minimum atomic E-state index is -4.44. The molecule has 0 unspecified atom stereocenters. The van der Waals surface area contributed by atoms with Crippen molar-refractivity contribution in [3.8, 4) is 0 Å². The number of nitrogens with one attached hydrogen (secondary N) is 1. The Labute approximate surface area is 113 Å². The Hall–Kier alpha value is -1.80. The molecular formula is C11H15F3N4O2. The van der Waals surface area contributed by atoms with Gasteiger partial charge in [-0.1, -0.05) is 13.8 Å². The Kier molecular flexibility index (Phi) is 3.18. The summed E-state index contributed by atoms with van der Waals surface area (Å²) in [5.41, 5.74) is -2.25. The predicted octanol–water partition coefficient (Wildman–Crippen LogP) is 2.96. The van der Waals surface area contributed by atoms with Crippen molar-refractivity contribution in [2.75, 3.05) is 5.32 Å². The third kappa shape index (κ3) is 2.20. The quantitative estimate of drug-likeness (QED) is 0.684. The van der Waals surface area contributed by atoms with Gasteiger partial charge in [-0.25, -0.2) is 4.68 Å². The van der Waals surface area contributed by atoms with E-state index in [0.29, 0.717) is 0 Å². The molecule has 0 saturated heterocycles. The minimum absolute atomic E-state index is 0.0875. The second kappa shape index (κ2) is 4.35. The highest BCUT2D eigenvalue weighted by Crippen LogP contribution is 2.52. The van der Waals surface area contributed by atoms with E-state index < -0.39 is 16.6 Å². The van der Waals surface area contributed by atoms with Crippen molar-refractivity contribution in [2.45, 2.75) is 44.3 Å². The molecule has 6 nitrogen and oxygen atoms in total. The van der Waals surface area contributed by atoms with Gasteiger partial charge in [0, 0.05) is 13.0 Å². The zero-order chi connectivity index (χ0) is 15.3. The zero-order valence-corrected chi connectivity index (χ0v) is 11.3. The van der Waals surface area contributed by atoms with Gasteiger partial charge < -0.3 is 5.32 Å². The molecule has 1 heterocycles. The Balaban J connectivity index is 2.45. The molecule has 1 saturated carbocycles. The summed E-state index contributed by atoms with van der Waals surface area (Å²) in [5.74, 6) is -0.438. The van der Waals surface area contributed by atoms with Gasteiger partial charge in [-0.2, -0.15) is 18.3 Å². The van der Waals surface area contributed by atoms with Crippen molar-refractivity contribution in [1.82, 2.24) is 9.78 Å². The van der Waals surface area contributed by atoms with Gasteiger partial charge in [0.25, 0.3) is 0 Å². The smallest absolute Gasteiger partial charge is 0.351 e. The highest BCUT2D eigenvalue weighted by molar-refractivity contribution is 5.62. The van der Waals surface area contributed by atoms with Gasteiger partial charge in [-0.15, -0.1) is 0 Å². The van der Waals surface area contributed by atoms with Crippen LogP contribution in [0.2, 0.25) is 0 Å². The largest absolute Gasteiger partial charge is 0.411 e. The summed E-state index contributed by atoms with van der Waals surface area (Å²) >= 11 is 0. The maximum Gasteiger partial charge on any atom is 0.411 e. The van der Waals surface area contributed by atoms with E-state index in [9.17, 15) is 23.3 Å². The summed E-state index contributed by atoms with van der Waals surface area (Å²) in [6, 6.07) is 0. The van der Waals surface area contributed by atoms with Crippen molar-refractivity contribution in [1.29, 1.82) is 0 Å². The van der Waals surface area contributed by atoms with E-state index in [-0.39, 0.29) is 36.0 Å². The molecule has 1 N–H and O–H groups in total. The van der Waals surface area contributed by atoms with Crippen molar-refractivity contribution < 1.29 is 18.1 Å². The summed E-state index contributed by atoms with van der Waals surface area (Å²) in [5, 5.41) is 17.4. The SMILES string of the molecule is CC(C)c1nn(C)c(NC2(C(F)(F)F)CC2)c1[N+](=O)[O-]. The second-order valence-corrected chi connectivity index (χ2v) is 5.32. The second-order valence-electron chi connectivity index (χ2n) is 5.32. The van der Waals surface area contributed by atoms with Crippen LogP contribution in [0.25, 0.3) is 0 Å². The van der Waals surface area contributed by atoms with Gasteiger partial charge in [-0.05, 0) is 12.8 Å². The first-order chi connectivity index (χ1) is 9.09. The van der Waals surface area contributed by atoms with E-state index in [4.69, 9.17) is 0 Å². The first kappa shape index (κ1) is 14.6. The molecule has 0 spiro atoms. The van der Waals surface area contributed by atoms with E-state index in [1.165, 1.54) is 7.05 Å². The maximum absolute atomic E-state index is 12.9. The number of rotatable bonds is 4. The first-order valence-corrected chi connectivity index (χ1v) is 6.15. The summed E-state index contributed by atoms with van der Waals surface area (Å²) in [6.45, 7) is 3.41. The molecule has 1 aromatic rings. The Bertz CT molecular complexity index is 547. The van der Waals surface area contributed by atoms with Crippen LogP contribution in [0.15, 0.2) is 0 Å². The van der Waals surface area contributed by atoms with E-state index in [1.54, 1.807) is 13.8 Å². The van der Waals surface area contributed by atoms with Crippen LogP contribution in [-0.4, -0.2) is 26.4 Å². The van der Waals surface area contributed by atoms with Crippen LogP contribution in [0, 0.1) is 10.1 Å². The van der Waals surface area contributed by atoms with Crippen LogP contribution in [0.4, 0.5) is 24.7 Å². The molecule has 0 aromatic carbocycles. The fourth-order valence-corrected chi connectivity index (χ4v) is 2.07. The highest BCUT2D eigenvalue weighted by Gasteiger charge is 2.64. The van der Waals surface area contributed by atoms with Crippen molar-refractivity contribution in [2.24, 2.45) is 7.05 Å². The number of alkyl halides is 3. The number of hydrogen-bond acceptors (Lipinski definition) is 4. The Morgan fingerprint density at radius 2 is 2.00 bits per heavy atom. The molecule has 1 aromatic heterocycles. The van der Waals surface area contributed by atoms with E-state index in [0.717, 1.165) is 4.68 Å². The Morgan fingerprint density at radius 1 is 1.45 bits per heavy atom. The van der Waals surface area contributed by atoms with Crippen LogP contribution in [0.1, 0.15) is 38.3 Å². The fraction of sp³-hybridized carbons (Fsp3) is 0.727. The monoisotopic (exact) mass is 292 g/mol. The van der Waals surface area contributed by atoms with Crippen molar-refractivity contribution in [3.05, 3.63) is 15.8 Å². The maximum atomic E-state index is 12.9. The Morgan fingerprint density at radius 3 is 2.35 bits per heavy atom. The molecule has 20 heavy (non-hydrogen) atoms.